The monoisotopic (exact) mass is 401 g/mol. The lowest BCUT2D eigenvalue weighted by molar-refractivity contribution is 0.754. The molecule has 0 aromatic heterocycles. The van der Waals surface area contributed by atoms with Crippen molar-refractivity contribution in [2.24, 2.45) is 5.73 Å². The highest BCUT2D eigenvalue weighted by Crippen LogP contribution is 2.44. The molecule has 0 bridgehead atoms. The van der Waals surface area contributed by atoms with Gasteiger partial charge in [-0.05, 0) is 87.9 Å². The Bertz CT molecular complexity index is 1300. The molecule has 0 radical (unpaired) electrons. The number of fused-ring (bicyclic) bond motifs is 6. The standard InChI is InChI=1S/C30H27N/c31-30-19-29-24-14-8-7-13-23(24)27-17-22(20-9-3-1-4-10-20)15-16-25(27)28(29)18-26(30)21-11-5-2-6-12-21/h1-3,5-9,11-14,17,19,26H,4,10,15-16,18,31H2. The molecule has 0 saturated carbocycles. The maximum absolute atomic E-state index is 6.65. The molecule has 0 fully saturated rings. The van der Waals surface area contributed by atoms with E-state index in [1.54, 1.807) is 0 Å². The van der Waals surface area contributed by atoms with Crippen LogP contribution in [-0.4, -0.2) is 0 Å². The molecule has 6 rings (SSSR count). The Kier molecular flexibility index (Phi) is 4.42. The highest BCUT2D eigenvalue weighted by atomic mass is 14.6. The molecule has 3 aliphatic rings. The van der Waals surface area contributed by atoms with Crippen LogP contribution in [-0.2, 0) is 12.8 Å². The number of benzene rings is 3. The van der Waals surface area contributed by atoms with Crippen molar-refractivity contribution in [2.75, 3.05) is 0 Å². The smallest absolute Gasteiger partial charge is 0.0276 e. The zero-order chi connectivity index (χ0) is 20.8. The molecule has 1 unspecified atom stereocenters. The fourth-order valence-corrected chi connectivity index (χ4v) is 5.67. The Morgan fingerprint density at radius 2 is 1.45 bits per heavy atom. The summed E-state index contributed by atoms with van der Waals surface area (Å²) in [5, 5.41) is 2.70. The summed E-state index contributed by atoms with van der Waals surface area (Å²) in [5.74, 6) is 0.260. The van der Waals surface area contributed by atoms with Crippen LogP contribution in [0.4, 0.5) is 0 Å². The zero-order valence-corrected chi connectivity index (χ0v) is 17.8. The summed E-state index contributed by atoms with van der Waals surface area (Å²) in [5.41, 5.74) is 17.8. The first-order valence-corrected chi connectivity index (χ1v) is 11.4. The molecule has 1 heteroatoms. The molecular weight excluding hydrogens is 374 g/mol. The van der Waals surface area contributed by atoms with Crippen molar-refractivity contribution in [2.45, 2.75) is 38.0 Å². The van der Waals surface area contributed by atoms with Gasteiger partial charge in [0.2, 0.25) is 0 Å². The van der Waals surface area contributed by atoms with Crippen molar-refractivity contribution < 1.29 is 0 Å². The van der Waals surface area contributed by atoms with Gasteiger partial charge in [-0.3, -0.25) is 0 Å². The average Bonchev–Trinajstić information content (AvgIpc) is 2.85. The van der Waals surface area contributed by atoms with Crippen LogP contribution in [0.15, 0.2) is 89.7 Å². The van der Waals surface area contributed by atoms with E-state index in [2.05, 4.69) is 85.0 Å². The second-order valence-corrected chi connectivity index (χ2v) is 8.97. The lowest BCUT2D eigenvalue weighted by atomic mass is 9.74. The number of hydrogen-bond donors (Lipinski definition) is 1. The van der Waals surface area contributed by atoms with E-state index < -0.39 is 0 Å². The lowest BCUT2D eigenvalue weighted by Gasteiger charge is -2.31. The summed E-state index contributed by atoms with van der Waals surface area (Å²) in [6.07, 6.45) is 17.1. The van der Waals surface area contributed by atoms with Crippen molar-refractivity contribution in [1.82, 2.24) is 0 Å². The molecule has 1 atom stereocenters. The summed E-state index contributed by atoms with van der Waals surface area (Å²) in [7, 11) is 0. The van der Waals surface area contributed by atoms with E-state index in [1.807, 2.05) is 0 Å². The van der Waals surface area contributed by atoms with Gasteiger partial charge in [-0.15, -0.1) is 0 Å². The first kappa shape index (κ1) is 18.4. The number of nitrogens with two attached hydrogens (primary N) is 1. The highest BCUT2D eigenvalue weighted by molar-refractivity contribution is 6.00. The second kappa shape index (κ2) is 7.42. The third kappa shape index (κ3) is 3.08. The maximum atomic E-state index is 6.65. The van der Waals surface area contributed by atoms with Crippen LogP contribution in [0.2, 0.25) is 0 Å². The van der Waals surface area contributed by atoms with Crippen LogP contribution < -0.4 is 5.73 Å². The summed E-state index contributed by atoms with van der Waals surface area (Å²) in [4.78, 5) is 0. The van der Waals surface area contributed by atoms with E-state index in [0.29, 0.717) is 0 Å². The quantitative estimate of drug-likeness (QED) is 0.487. The summed E-state index contributed by atoms with van der Waals surface area (Å²) in [6.45, 7) is 0. The van der Waals surface area contributed by atoms with Crippen LogP contribution in [0.5, 0.6) is 0 Å². The molecule has 3 aliphatic carbocycles. The van der Waals surface area contributed by atoms with Gasteiger partial charge in [0.05, 0.1) is 0 Å². The Hall–Kier alpha value is -3.32. The summed E-state index contributed by atoms with van der Waals surface area (Å²) >= 11 is 0. The van der Waals surface area contributed by atoms with Crippen LogP contribution in [0.1, 0.15) is 53.0 Å². The summed E-state index contributed by atoms with van der Waals surface area (Å²) in [6, 6.07) is 19.6. The maximum Gasteiger partial charge on any atom is 0.0276 e. The molecular formula is C30H27N. The molecule has 0 saturated heterocycles. The molecule has 152 valence electrons. The van der Waals surface area contributed by atoms with E-state index in [9.17, 15) is 0 Å². The number of rotatable bonds is 2. The minimum atomic E-state index is 0.260. The van der Waals surface area contributed by atoms with E-state index in [4.69, 9.17) is 5.73 Å². The van der Waals surface area contributed by atoms with Gasteiger partial charge in [0.25, 0.3) is 0 Å². The molecule has 2 N–H and O–H groups in total. The van der Waals surface area contributed by atoms with E-state index in [1.165, 1.54) is 49.7 Å². The average molecular weight is 402 g/mol. The predicted molar refractivity (Wildman–Crippen MR) is 132 cm³/mol. The van der Waals surface area contributed by atoms with Crippen LogP contribution in [0.3, 0.4) is 0 Å². The lowest BCUT2D eigenvalue weighted by Crippen LogP contribution is -2.20. The normalized spacial score (nSPS) is 19.9. The third-order valence-corrected chi connectivity index (χ3v) is 7.23. The van der Waals surface area contributed by atoms with Crippen molar-refractivity contribution in [3.63, 3.8) is 0 Å². The van der Waals surface area contributed by atoms with Gasteiger partial charge in [-0.25, -0.2) is 0 Å². The van der Waals surface area contributed by atoms with Crippen LogP contribution >= 0.6 is 0 Å². The molecule has 3 aromatic carbocycles. The van der Waals surface area contributed by atoms with E-state index >= 15 is 0 Å². The van der Waals surface area contributed by atoms with E-state index in [0.717, 1.165) is 37.8 Å². The van der Waals surface area contributed by atoms with Crippen molar-refractivity contribution >= 4 is 22.9 Å². The second-order valence-electron chi connectivity index (χ2n) is 8.97. The first-order valence-electron chi connectivity index (χ1n) is 11.4. The molecule has 3 aromatic rings. The van der Waals surface area contributed by atoms with Gasteiger partial charge in [-0.2, -0.15) is 0 Å². The molecule has 0 heterocycles. The number of hydrogen-bond acceptors (Lipinski definition) is 1. The fourth-order valence-electron chi connectivity index (χ4n) is 5.67. The molecule has 31 heavy (non-hydrogen) atoms. The predicted octanol–water partition coefficient (Wildman–Crippen LogP) is 7.09. The van der Waals surface area contributed by atoms with Crippen molar-refractivity contribution in [1.29, 1.82) is 0 Å². The largest absolute Gasteiger partial charge is 0.402 e. The van der Waals surface area contributed by atoms with Gasteiger partial charge in [0.15, 0.2) is 0 Å². The van der Waals surface area contributed by atoms with Crippen molar-refractivity contribution in [3.8, 4) is 0 Å². The van der Waals surface area contributed by atoms with Gasteiger partial charge >= 0.3 is 0 Å². The Morgan fingerprint density at radius 1 is 0.710 bits per heavy atom. The summed E-state index contributed by atoms with van der Waals surface area (Å²) < 4.78 is 0. The topological polar surface area (TPSA) is 26.0 Å². The minimum Gasteiger partial charge on any atom is -0.402 e. The van der Waals surface area contributed by atoms with Crippen molar-refractivity contribution in [3.05, 3.63) is 117 Å². The molecule has 0 spiro atoms. The van der Waals surface area contributed by atoms with Gasteiger partial charge in [-0.1, -0.05) is 78.9 Å². The van der Waals surface area contributed by atoms with Gasteiger partial charge < -0.3 is 5.73 Å². The minimum absolute atomic E-state index is 0.260. The molecule has 0 aliphatic heterocycles. The number of allylic oxidation sites excluding steroid dienone is 6. The Balaban J connectivity index is 1.56. The first-order chi connectivity index (χ1) is 15.3. The third-order valence-electron chi connectivity index (χ3n) is 7.23. The van der Waals surface area contributed by atoms with Crippen LogP contribution in [0.25, 0.3) is 22.9 Å². The Labute approximate surface area is 184 Å². The fraction of sp³-hybridized carbons (Fsp3) is 0.200. The van der Waals surface area contributed by atoms with E-state index in [-0.39, 0.29) is 5.92 Å². The SMILES string of the molecule is NC1=Cc2c(c3c(c4ccccc24)C=C(C2=CC=CCC2)CC3)CC1c1ccccc1. The zero-order valence-electron chi connectivity index (χ0n) is 17.8. The molecule has 1 nitrogen and oxygen atoms in total. The van der Waals surface area contributed by atoms with Gasteiger partial charge in [0.1, 0.15) is 0 Å². The highest BCUT2D eigenvalue weighted by Gasteiger charge is 2.28. The Morgan fingerprint density at radius 3 is 2.19 bits per heavy atom. The van der Waals surface area contributed by atoms with Gasteiger partial charge in [0, 0.05) is 11.6 Å². The van der Waals surface area contributed by atoms with Crippen LogP contribution in [0, 0.1) is 0 Å². The molecule has 0 amide bonds.